The zero-order valence-electron chi connectivity index (χ0n) is 11.6. The third-order valence-electron chi connectivity index (χ3n) is 4.11. The number of rotatable bonds is 2. The quantitative estimate of drug-likeness (QED) is 0.898. The Morgan fingerprint density at radius 2 is 2.15 bits per heavy atom. The maximum atomic E-state index is 10.7. The largest absolute Gasteiger partial charge is 0.482 e. The number of ether oxygens (including phenoxy) is 1. The zero-order valence-corrected chi connectivity index (χ0v) is 11.6. The van der Waals surface area contributed by atoms with Gasteiger partial charge in [0.05, 0.1) is 6.54 Å². The lowest BCUT2D eigenvalue weighted by molar-refractivity contribution is -0.139. The molecule has 1 N–H and O–H groups in total. The van der Waals surface area contributed by atoms with E-state index in [2.05, 4.69) is 37.3 Å². The Balaban J connectivity index is 1.73. The van der Waals surface area contributed by atoms with Crippen molar-refractivity contribution < 1.29 is 14.6 Å². The van der Waals surface area contributed by atoms with Gasteiger partial charge in [-0.05, 0) is 24.6 Å². The van der Waals surface area contributed by atoms with Gasteiger partial charge < -0.3 is 9.84 Å². The summed E-state index contributed by atoms with van der Waals surface area (Å²) in [5.74, 6) is 0.182. The van der Waals surface area contributed by atoms with Crippen molar-refractivity contribution in [3.05, 3.63) is 35.4 Å². The predicted molar refractivity (Wildman–Crippen MR) is 76.9 cm³/mol. The maximum Gasteiger partial charge on any atom is 0.317 e. The molecule has 1 aromatic rings. The van der Waals surface area contributed by atoms with Crippen LogP contribution in [0.3, 0.4) is 0 Å². The highest BCUT2D eigenvalue weighted by Gasteiger charge is 2.36. The maximum absolute atomic E-state index is 10.7. The number of benzene rings is 1. The molecule has 0 unspecified atom stereocenters. The van der Waals surface area contributed by atoms with Gasteiger partial charge in [-0.1, -0.05) is 18.2 Å². The van der Waals surface area contributed by atoms with Crippen LogP contribution in [0.5, 0.6) is 5.75 Å². The van der Waals surface area contributed by atoms with Gasteiger partial charge in [0.2, 0.25) is 0 Å². The van der Waals surface area contributed by atoms with Crippen molar-refractivity contribution in [2.75, 3.05) is 19.6 Å². The Labute approximate surface area is 118 Å². The number of aliphatic carboxylic acids is 1. The Hall–Kier alpha value is -1.81. The van der Waals surface area contributed by atoms with Crippen molar-refractivity contribution in [3.63, 3.8) is 0 Å². The molecule has 4 heteroatoms. The van der Waals surface area contributed by atoms with Gasteiger partial charge in [-0.15, -0.1) is 0 Å². The molecule has 106 valence electrons. The monoisotopic (exact) mass is 273 g/mol. The highest BCUT2D eigenvalue weighted by molar-refractivity contribution is 5.69. The Bertz CT molecular complexity index is 557. The number of fused-ring (bicyclic) bond motifs is 1. The number of hydrogen-bond acceptors (Lipinski definition) is 3. The van der Waals surface area contributed by atoms with E-state index in [1.54, 1.807) is 0 Å². The van der Waals surface area contributed by atoms with Crippen LogP contribution in [0, 0.1) is 6.92 Å². The molecule has 20 heavy (non-hydrogen) atoms. The summed E-state index contributed by atoms with van der Waals surface area (Å²) >= 11 is 0. The zero-order chi connectivity index (χ0) is 14.2. The summed E-state index contributed by atoms with van der Waals surface area (Å²) in [5.41, 5.74) is 2.06. The normalized spacial score (nSPS) is 20.4. The molecule has 0 bridgehead atoms. The molecule has 1 aromatic carbocycles. The molecule has 0 amide bonds. The van der Waals surface area contributed by atoms with Gasteiger partial charge in [0.25, 0.3) is 0 Å². The molecule has 2 heterocycles. The van der Waals surface area contributed by atoms with Crippen LogP contribution < -0.4 is 4.74 Å². The molecule has 1 fully saturated rings. The Morgan fingerprint density at radius 1 is 1.40 bits per heavy atom. The molecule has 3 rings (SSSR count). The van der Waals surface area contributed by atoms with Gasteiger partial charge in [0.1, 0.15) is 11.4 Å². The Kier molecular flexibility index (Phi) is 3.26. The SMILES string of the molecule is Cc1ccc2c(c1)OC1(C=C2)CCN(CC(=O)O)CC1. The standard InChI is InChI=1S/C16H19NO3/c1-12-2-3-13-4-5-16(20-14(13)10-12)6-8-17(9-7-16)11-15(18)19/h2-5,10H,6-9,11H2,1H3,(H,18,19). The Morgan fingerprint density at radius 3 is 2.85 bits per heavy atom. The van der Waals surface area contributed by atoms with Crippen LogP contribution in [-0.2, 0) is 4.79 Å². The second-order valence-corrected chi connectivity index (χ2v) is 5.71. The summed E-state index contributed by atoms with van der Waals surface area (Å²) in [4.78, 5) is 12.7. The molecule has 0 atom stereocenters. The summed E-state index contributed by atoms with van der Waals surface area (Å²) in [5, 5.41) is 8.84. The highest BCUT2D eigenvalue weighted by Crippen LogP contribution is 2.37. The minimum atomic E-state index is -0.762. The smallest absolute Gasteiger partial charge is 0.317 e. The van der Waals surface area contributed by atoms with Crippen LogP contribution in [0.4, 0.5) is 0 Å². The molecule has 2 aliphatic rings. The van der Waals surface area contributed by atoms with Gasteiger partial charge in [-0.25, -0.2) is 0 Å². The summed E-state index contributed by atoms with van der Waals surface area (Å²) in [7, 11) is 0. The summed E-state index contributed by atoms with van der Waals surface area (Å²) in [6.45, 7) is 3.70. The van der Waals surface area contributed by atoms with Crippen LogP contribution in [0.15, 0.2) is 24.3 Å². The highest BCUT2D eigenvalue weighted by atomic mass is 16.5. The molecule has 0 aliphatic carbocycles. The average molecular weight is 273 g/mol. The topological polar surface area (TPSA) is 49.8 Å². The third-order valence-corrected chi connectivity index (χ3v) is 4.11. The summed E-state index contributed by atoms with van der Waals surface area (Å²) < 4.78 is 6.23. The van der Waals surface area contributed by atoms with Crippen LogP contribution >= 0.6 is 0 Å². The number of piperidine rings is 1. The van der Waals surface area contributed by atoms with Crippen LogP contribution in [0.25, 0.3) is 6.08 Å². The fraction of sp³-hybridized carbons (Fsp3) is 0.438. The predicted octanol–water partition coefficient (Wildman–Crippen LogP) is 2.32. The number of carboxylic acids is 1. The lowest BCUT2D eigenvalue weighted by Crippen LogP contribution is -2.48. The molecular formula is C16H19NO3. The first kappa shape index (κ1) is 13.2. The van der Waals surface area contributed by atoms with Gasteiger partial charge in [0.15, 0.2) is 0 Å². The minimum absolute atomic E-state index is 0.121. The molecule has 0 saturated carbocycles. The van der Waals surface area contributed by atoms with Crippen molar-refractivity contribution in [3.8, 4) is 5.75 Å². The van der Waals surface area contributed by atoms with E-state index < -0.39 is 5.97 Å². The van der Waals surface area contributed by atoms with E-state index >= 15 is 0 Å². The van der Waals surface area contributed by atoms with E-state index in [0.29, 0.717) is 0 Å². The van der Waals surface area contributed by atoms with E-state index in [0.717, 1.165) is 37.2 Å². The molecule has 2 aliphatic heterocycles. The van der Waals surface area contributed by atoms with Crippen LogP contribution in [0.2, 0.25) is 0 Å². The number of nitrogens with zero attached hydrogens (tertiary/aromatic N) is 1. The number of carbonyl (C=O) groups is 1. The number of likely N-dealkylation sites (tertiary alicyclic amines) is 1. The van der Waals surface area contributed by atoms with Crippen molar-refractivity contribution in [2.45, 2.75) is 25.4 Å². The van der Waals surface area contributed by atoms with Crippen molar-refractivity contribution in [1.29, 1.82) is 0 Å². The third kappa shape index (κ3) is 2.56. The van der Waals surface area contributed by atoms with E-state index in [9.17, 15) is 4.79 Å². The fourth-order valence-electron chi connectivity index (χ4n) is 2.91. The van der Waals surface area contributed by atoms with Gasteiger partial charge in [-0.2, -0.15) is 0 Å². The first-order valence-electron chi connectivity index (χ1n) is 6.99. The molecule has 0 aromatic heterocycles. The van der Waals surface area contributed by atoms with Gasteiger partial charge >= 0.3 is 5.97 Å². The molecule has 0 radical (unpaired) electrons. The van der Waals surface area contributed by atoms with Gasteiger partial charge in [0, 0.05) is 31.5 Å². The molecule has 1 spiro atoms. The van der Waals surface area contributed by atoms with E-state index in [-0.39, 0.29) is 12.1 Å². The average Bonchev–Trinajstić information content (AvgIpc) is 2.41. The first-order valence-corrected chi connectivity index (χ1v) is 6.99. The molecular weight excluding hydrogens is 254 g/mol. The van der Waals surface area contributed by atoms with Crippen LogP contribution in [0.1, 0.15) is 24.0 Å². The van der Waals surface area contributed by atoms with E-state index in [1.165, 1.54) is 5.56 Å². The lowest BCUT2D eigenvalue weighted by Gasteiger charge is -2.41. The lowest BCUT2D eigenvalue weighted by atomic mass is 9.88. The van der Waals surface area contributed by atoms with E-state index in [1.807, 2.05) is 4.90 Å². The van der Waals surface area contributed by atoms with Crippen molar-refractivity contribution >= 4 is 12.0 Å². The van der Waals surface area contributed by atoms with Crippen molar-refractivity contribution in [2.24, 2.45) is 0 Å². The first-order chi connectivity index (χ1) is 9.56. The number of aryl methyl sites for hydroxylation is 1. The summed E-state index contributed by atoms with van der Waals surface area (Å²) in [6.07, 6.45) is 5.95. The minimum Gasteiger partial charge on any atom is -0.482 e. The second-order valence-electron chi connectivity index (χ2n) is 5.71. The number of carboxylic acid groups (broad SMARTS) is 1. The molecule has 1 saturated heterocycles. The second kappa shape index (κ2) is 4.94. The fourth-order valence-corrected chi connectivity index (χ4v) is 2.91. The van der Waals surface area contributed by atoms with E-state index in [4.69, 9.17) is 9.84 Å². The number of hydrogen-bond donors (Lipinski definition) is 1. The summed E-state index contributed by atoms with van der Waals surface area (Å²) in [6, 6.07) is 6.23. The molecule has 4 nitrogen and oxygen atoms in total. The van der Waals surface area contributed by atoms with Gasteiger partial charge in [-0.3, -0.25) is 9.69 Å². The van der Waals surface area contributed by atoms with Crippen molar-refractivity contribution in [1.82, 2.24) is 4.90 Å². The van der Waals surface area contributed by atoms with Crippen LogP contribution in [-0.4, -0.2) is 41.2 Å².